The van der Waals surface area contributed by atoms with Crippen molar-refractivity contribution in [2.45, 2.75) is 39.7 Å². The fraction of sp³-hybridized carbons (Fsp3) is 0.280. The smallest absolute Gasteiger partial charge is 0.225 e. The molecule has 0 aliphatic carbocycles. The Morgan fingerprint density at radius 2 is 1.75 bits per heavy atom. The van der Waals surface area contributed by atoms with Gasteiger partial charge < -0.3 is 10.6 Å². The lowest BCUT2D eigenvalue weighted by Gasteiger charge is -2.11. The first-order valence-corrected chi connectivity index (χ1v) is 11.6. The lowest BCUT2D eigenvalue weighted by molar-refractivity contribution is -0.120. The summed E-state index contributed by atoms with van der Waals surface area (Å²) >= 11 is 1.57. The zero-order valence-corrected chi connectivity index (χ0v) is 19.2. The van der Waals surface area contributed by atoms with E-state index in [1.165, 1.54) is 5.56 Å². The molecule has 0 saturated carbocycles. The van der Waals surface area contributed by atoms with Gasteiger partial charge in [0.2, 0.25) is 5.91 Å². The molecular formula is C25H27N5OS. The number of para-hydroxylation sites is 1. The van der Waals surface area contributed by atoms with Crippen molar-refractivity contribution in [2.24, 2.45) is 0 Å². The van der Waals surface area contributed by atoms with Gasteiger partial charge in [0, 0.05) is 16.8 Å². The quantitative estimate of drug-likeness (QED) is 0.368. The Morgan fingerprint density at radius 3 is 2.53 bits per heavy atom. The van der Waals surface area contributed by atoms with E-state index in [0.29, 0.717) is 18.8 Å². The van der Waals surface area contributed by atoms with Crippen LogP contribution in [-0.2, 0) is 24.2 Å². The van der Waals surface area contributed by atoms with Gasteiger partial charge >= 0.3 is 0 Å². The van der Waals surface area contributed by atoms with Crippen LogP contribution in [0, 0.1) is 13.8 Å². The summed E-state index contributed by atoms with van der Waals surface area (Å²) in [6, 6.07) is 18.4. The molecule has 2 heterocycles. The van der Waals surface area contributed by atoms with Crippen LogP contribution in [0.5, 0.6) is 0 Å². The standard InChI is InChI=1S/C25H27N5OS/c1-17-22(32-18(2)28-17)15-24(31)27-16-23-29-21-13-7-6-12-20(21)25(30-23)26-14-8-11-19-9-4-3-5-10-19/h3-7,9-10,12-13H,8,11,14-16H2,1-2H3,(H,27,31)(H,26,29,30). The Balaban J connectivity index is 1.39. The predicted molar refractivity (Wildman–Crippen MR) is 130 cm³/mol. The van der Waals surface area contributed by atoms with E-state index < -0.39 is 0 Å². The molecule has 0 atom stereocenters. The number of benzene rings is 2. The third kappa shape index (κ3) is 5.68. The van der Waals surface area contributed by atoms with Crippen LogP contribution in [0.4, 0.5) is 5.82 Å². The Kier molecular flexibility index (Phi) is 7.07. The van der Waals surface area contributed by atoms with E-state index in [9.17, 15) is 4.79 Å². The number of anilines is 1. The number of thiazole rings is 1. The Hall–Kier alpha value is -3.32. The second kappa shape index (κ2) is 10.3. The first-order valence-electron chi connectivity index (χ1n) is 10.8. The number of fused-ring (bicyclic) bond motifs is 1. The lowest BCUT2D eigenvalue weighted by Crippen LogP contribution is -2.25. The molecule has 2 aromatic heterocycles. The topological polar surface area (TPSA) is 79.8 Å². The predicted octanol–water partition coefficient (Wildman–Crippen LogP) is 4.61. The lowest BCUT2D eigenvalue weighted by atomic mass is 10.1. The fourth-order valence-corrected chi connectivity index (χ4v) is 4.54. The molecular weight excluding hydrogens is 418 g/mol. The van der Waals surface area contributed by atoms with E-state index in [-0.39, 0.29) is 5.91 Å². The van der Waals surface area contributed by atoms with Gasteiger partial charge in [-0.25, -0.2) is 15.0 Å². The third-order valence-corrected chi connectivity index (χ3v) is 6.26. The maximum Gasteiger partial charge on any atom is 0.225 e. The van der Waals surface area contributed by atoms with Gasteiger partial charge in [0.25, 0.3) is 0 Å². The number of hydrogen-bond acceptors (Lipinski definition) is 6. The van der Waals surface area contributed by atoms with Gasteiger partial charge in [-0.15, -0.1) is 11.3 Å². The number of nitrogens with zero attached hydrogens (tertiary/aromatic N) is 3. The molecule has 2 N–H and O–H groups in total. The molecule has 0 spiro atoms. The maximum atomic E-state index is 12.4. The van der Waals surface area contributed by atoms with Gasteiger partial charge in [0.1, 0.15) is 5.82 Å². The van der Waals surface area contributed by atoms with Gasteiger partial charge in [0.15, 0.2) is 5.82 Å². The number of hydrogen-bond donors (Lipinski definition) is 2. The van der Waals surface area contributed by atoms with Crippen LogP contribution in [-0.4, -0.2) is 27.4 Å². The Morgan fingerprint density at radius 1 is 0.969 bits per heavy atom. The number of nitrogens with one attached hydrogen (secondary N) is 2. The minimum absolute atomic E-state index is 0.0501. The number of aryl methyl sites for hydroxylation is 3. The first-order chi connectivity index (χ1) is 15.6. The highest BCUT2D eigenvalue weighted by Gasteiger charge is 2.12. The van der Waals surface area contributed by atoms with Crippen LogP contribution in [0.3, 0.4) is 0 Å². The van der Waals surface area contributed by atoms with E-state index in [1.807, 2.05) is 44.2 Å². The van der Waals surface area contributed by atoms with Gasteiger partial charge in [-0.05, 0) is 44.4 Å². The number of amides is 1. The van der Waals surface area contributed by atoms with Crippen molar-refractivity contribution in [2.75, 3.05) is 11.9 Å². The summed E-state index contributed by atoms with van der Waals surface area (Å²) in [5.41, 5.74) is 3.12. The van der Waals surface area contributed by atoms with Crippen molar-refractivity contribution in [3.63, 3.8) is 0 Å². The summed E-state index contributed by atoms with van der Waals surface area (Å²) in [6.07, 6.45) is 2.34. The number of aromatic nitrogens is 3. The largest absolute Gasteiger partial charge is 0.369 e. The second-order valence-corrected chi connectivity index (χ2v) is 9.00. The van der Waals surface area contributed by atoms with Crippen molar-refractivity contribution < 1.29 is 4.79 Å². The average molecular weight is 446 g/mol. The number of carbonyl (C=O) groups is 1. The van der Waals surface area contributed by atoms with Gasteiger partial charge in [0.05, 0.1) is 29.2 Å². The fourth-order valence-electron chi connectivity index (χ4n) is 3.61. The summed E-state index contributed by atoms with van der Waals surface area (Å²) in [6.45, 7) is 5.00. The van der Waals surface area contributed by atoms with Gasteiger partial charge in [-0.2, -0.15) is 0 Å². The minimum Gasteiger partial charge on any atom is -0.369 e. The second-order valence-electron chi connectivity index (χ2n) is 7.72. The normalized spacial score (nSPS) is 10.9. The van der Waals surface area contributed by atoms with Crippen LogP contribution in [0.25, 0.3) is 10.9 Å². The Bertz CT molecular complexity index is 1210. The molecule has 164 valence electrons. The SMILES string of the molecule is Cc1nc(C)c(CC(=O)NCc2nc(NCCCc3ccccc3)c3ccccc3n2)s1. The van der Waals surface area contributed by atoms with E-state index in [2.05, 4.69) is 44.9 Å². The zero-order valence-electron chi connectivity index (χ0n) is 18.4. The summed E-state index contributed by atoms with van der Waals surface area (Å²) in [7, 11) is 0. The summed E-state index contributed by atoms with van der Waals surface area (Å²) in [5.74, 6) is 1.35. The molecule has 4 aromatic rings. The molecule has 0 aliphatic rings. The van der Waals surface area contributed by atoms with Crippen LogP contribution in [0.15, 0.2) is 54.6 Å². The van der Waals surface area contributed by atoms with Crippen LogP contribution >= 0.6 is 11.3 Å². The molecule has 6 nitrogen and oxygen atoms in total. The van der Waals surface area contributed by atoms with E-state index in [4.69, 9.17) is 4.98 Å². The van der Waals surface area contributed by atoms with Crippen molar-refractivity contribution in [1.82, 2.24) is 20.3 Å². The highest BCUT2D eigenvalue weighted by Crippen LogP contribution is 2.21. The van der Waals surface area contributed by atoms with Crippen molar-refractivity contribution in [3.8, 4) is 0 Å². The number of carbonyl (C=O) groups excluding carboxylic acids is 1. The van der Waals surface area contributed by atoms with Crippen molar-refractivity contribution in [1.29, 1.82) is 0 Å². The molecule has 4 rings (SSSR count). The monoisotopic (exact) mass is 445 g/mol. The minimum atomic E-state index is -0.0501. The molecule has 7 heteroatoms. The van der Waals surface area contributed by atoms with Crippen molar-refractivity contribution in [3.05, 3.63) is 81.6 Å². The molecule has 2 aromatic carbocycles. The molecule has 0 fully saturated rings. The molecule has 0 bridgehead atoms. The van der Waals surface area contributed by atoms with Gasteiger partial charge in [-0.1, -0.05) is 42.5 Å². The molecule has 32 heavy (non-hydrogen) atoms. The Labute approximate surface area is 192 Å². The summed E-state index contributed by atoms with van der Waals surface area (Å²) < 4.78 is 0. The van der Waals surface area contributed by atoms with E-state index >= 15 is 0 Å². The average Bonchev–Trinajstić information content (AvgIpc) is 3.12. The zero-order chi connectivity index (χ0) is 22.3. The van der Waals surface area contributed by atoms with Crippen LogP contribution in [0.2, 0.25) is 0 Å². The molecule has 1 amide bonds. The number of rotatable bonds is 9. The molecule has 0 saturated heterocycles. The summed E-state index contributed by atoms with van der Waals surface area (Å²) in [5, 5.41) is 8.38. The highest BCUT2D eigenvalue weighted by molar-refractivity contribution is 7.11. The highest BCUT2D eigenvalue weighted by atomic mass is 32.1. The maximum absolute atomic E-state index is 12.4. The summed E-state index contributed by atoms with van der Waals surface area (Å²) in [4.78, 5) is 27.2. The van der Waals surface area contributed by atoms with Gasteiger partial charge in [-0.3, -0.25) is 4.79 Å². The molecule has 0 aliphatic heterocycles. The van der Waals surface area contributed by atoms with Crippen molar-refractivity contribution >= 4 is 34.0 Å². The molecule has 0 radical (unpaired) electrons. The third-order valence-electron chi connectivity index (χ3n) is 5.19. The van der Waals surface area contributed by atoms with E-state index in [1.54, 1.807) is 11.3 Å². The first kappa shape index (κ1) is 21.9. The molecule has 0 unspecified atom stereocenters. The van der Waals surface area contributed by atoms with E-state index in [0.717, 1.165) is 51.7 Å². The van der Waals surface area contributed by atoms with Crippen LogP contribution in [0.1, 0.15) is 33.4 Å². The van der Waals surface area contributed by atoms with Crippen LogP contribution < -0.4 is 10.6 Å².